The topological polar surface area (TPSA) is 66.9 Å². The molecule has 6 nitrogen and oxygen atoms in total. The number of carbonyl (C=O) groups excluding carboxylic acids is 1. The smallest absolute Gasteiger partial charge is 0.358 e. The van der Waals surface area contributed by atoms with E-state index in [9.17, 15) is 17.1 Å². The number of amides is 1. The normalized spacial score (nSPS) is 15.9. The standard InChI is InChI=1S/C17H21FN2O4S/c1-4-14-9-15(11-16(10-14)24-25(18,22)23)17(21)20-7-5-19(6-8-20)12-13(2)3/h1,9-11,13H,5-8,12H2,2-3H3. The maximum absolute atomic E-state index is 12.7. The lowest BCUT2D eigenvalue weighted by molar-refractivity contribution is 0.0623. The van der Waals surface area contributed by atoms with Crippen molar-refractivity contribution >= 4 is 16.4 Å². The molecule has 1 aliphatic rings. The molecule has 8 heteroatoms. The fourth-order valence-electron chi connectivity index (χ4n) is 2.80. The third kappa shape index (κ3) is 5.73. The van der Waals surface area contributed by atoms with Crippen LogP contribution in [0, 0.1) is 18.3 Å². The van der Waals surface area contributed by atoms with Crippen LogP contribution in [0.1, 0.15) is 29.8 Å². The summed E-state index contributed by atoms with van der Waals surface area (Å²) in [6, 6.07) is 3.83. The van der Waals surface area contributed by atoms with Crippen molar-refractivity contribution in [3.63, 3.8) is 0 Å². The highest BCUT2D eigenvalue weighted by Gasteiger charge is 2.23. The van der Waals surface area contributed by atoms with Crippen molar-refractivity contribution < 1.29 is 21.3 Å². The second-order valence-electron chi connectivity index (χ2n) is 6.35. The Morgan fingerprint density at radius 2 is 1.92 bits per heavy atom. The summed E-state index contributed by atoms with van der Waals surface area (Å²) in [5, 5.41) is 0. The van der Waals surface area contributed by atoms with Crippen LogP contribution in [0.15, 0.2) is 18.2 Å². The zero-order chi connectivity index (χ0) is 18.6. The van der Waals surface area contributed by atoms with Crippen LogP contribution in [0.4, 0.5) is 3.89 Å². The Balaban J connectivity index is 2.14. The van der Waals surface area contributed by atoms with E-state index in [0.29, 0.717) is 19.0 Å². The fourth-order valence-corrected chi connectivity index (χ4v) is 3.13. The minimum atomic E-state index is -5.19. The number of hydrogen-bond donors (Lipinski definition) is 0. The summed E-state index contributed by atoms with van der Waals surface area (Å²) < 4.78 is 38.3. The largest absolute Gasteiger partial charge is 0.488 e. The Morgan fingerprint density at radius 3 is 2.44 bits per heavy atom. The van der Waals surface area contributed by atoms with Crippen molar-refractivity contribution in [2.75, 3.05) is 32.7 Å². The van der Waals surface area contributed by atoms with Crippen molar-refractivity contribution in [2.45, 2.75) is 13.8 Å². The van der Waals surface area contributed by atoms with E-state index in [2.05, 4.69) is 28.9 Å². The molecule has 0 unspecified atom stereocenters. The zero-order valence-electron chi connectivity index (χ0n) is 14.2. The number of piperazine rings is 1. The number of halogens is 1. The molecule has 1 aliphatic heterocycles. The Hall–Kier alpha value is -2.11. The number of benzene rings is 1. The summed E-state index contributed by atoms with van der Waals surface area (Å²) in [4.78, 5) is 16.6. The van der Waals surface area contributed by atoms with Gasteiger partial charge in [-0.3, -0.25) is 9.69 Å². The van der Waals surface area contributed by atoms with Crippen LogP contribution in [0.25, 0.3) is 0 Å². The van der Waals surface area contributed by atoms with Gasteiger partial charge >= 0.3 is 10.5 Å². The van der Waals surface area contributed by atoms with Crippen LogP contribution in [-0.4, -0.2) is 56.8 Å². The lowest BCUT2D eigenvalue weighted by Crippen LogP contribution is -2.49. The SMILES string of the molecule is C#Cc1cc(OS(=O)(=O)F)cc(C(=O)N2CCN(CC(C)C)CC2)c1. The highest BCUT2D eigenvalue weighted by atomic mass is 32.3. The summed E-state index contributed by atoms with van der Waals surface area (Å²) in [6.07, 6.45) is 5.31. The van der Waals surface area contributed by atoms with Gasteiger partial charge in [-0.05, 0) is 24.1 Å². The quantitative estimate of drug-likeness (QED) is 0.584. The van der Waals surface area contributed by atoms with E-state index >= 15 is 0 Å². The third-order valence-electron chi connectivity index (χ3n) is 3.80. The summed E-state index contributed by atoms with van der Waals surface area (Å²) in [5.74, 6) is 2.25. The number of hydrogen-bond acceptors (Lipinski definition) is 5. The Labute approximate surface area is 148 Å². The number of rotatable bonds is 5. The van der Waals surface area contributed by atoms with Crippen molar-refractivity contribution in [3.8, 4) is 18.1 Å². The van der Waals surface area contributed by atoms with E-state index in [1.165, 1.54) is 18.2 Å². The van der Waals surface area contributed by atoms with Crippen LogP contribution in [-0.2, 0) is 10.5 Å². The van der Waals surface area contributed by atoms with Crippen LogP contribution in [0.3, 0.4) is 0 Å². The molecular weight excluding hydrogens is 347 g/mol. The first-order valence-electron chi connectivity index (χ1n) is 7.95. The Bertz CT molecular complexity index is 778. The van der Waals surface area contributed by atoms with Crippen LogP contribution in [0.2, 0.25) is 0 Å². The van der Waals surface area contributed by atoms with Gasteiger partial charge in [0.05, 0.1) is 0 Å². The fraction of sp³-hybridized carbons (Fsp3) is 0.471. The minimum Gasteiger partial charge on any atom is -0.358 e. The first kappa shape index (κ1) is 19.2. The van der Waals surface area contributed by atoms with Gasteiger partial charge in [-0.2, -0.15) is 8.42 Å². The Morgan fingerprint density at radius 1 is 1.28 bits per heavy atom. The Kier molecular flexibility index (Phi) is 6.03. The molecule has 2 rings (SSSR count). The lowest BCUT2D eigenvalue weighted by Gasteiger charge is -2.35. The van der Waals surface area contributed by atoms with E-state index < -0.39 is 10.5 Å². The van der Waals surface area contributed by atoms with E-state index in [0.717, 1.165) is 19.6 Å². The molecule has 136 valence electrons. The lowest BCUT2D eigenvalue weighted by atomic mass is 10.1. The molecule has 0 aromatic heterocycles. The number of terminal acetylenes is 1. The minimum absolute atomic E-state index is 0.173. The summed E-state index contributed by atoms with van der Waals surface area (Å²) in [6.45, 7) is 7.91. The molecule has 1 heterocycles. The van der Waals surface area contributed by atoms with Crippen molar-refractivity contribution in [1.82, 2.24) is 9.80 Å². The van der Waals surface area contributed by atoms with Gasteiger partial charge in [0.15, 0.2) is 0 Å². The van der Waals surface area contributed by atoms with E-state index in [1.54, 1.807) is 4.90 Å². The molecule has 1 amide bonds. The number of nitrogens with zero attached hydrogens (tertiary/aromatic N) is 2. The molecule has 1 fully saturated rings. The van der Waals surface area contributed by atoms with Crippen LogP contribution in [0.5, 0.6) is 5.75 Å². The van der Waals surface area contributed by atoms with Crippen molar-refractivity contribution in [1.29, 1.82) is 0 Å². The first-order valence-corrected chi connectivity index (χ1v) is 9.26. The monoisotopic (exact) mass is 368 g/mol. The van der Waals surface area contributed by atoms with Gasteiger partial charge < -0.3 is 9.08 Å². The second kappa shape index (κ2) is 7.85. The number of carbonyl (C=O) groups is 1. The zero-order valence-corrected chi connectivity index (χ0v) is 15.1. The molecular formula is C17H21FN2O4S. The molecule has 0 aliphatic carbocycles. The van der Waals surface area contributed by atoms with E-state index in [-0.39, 0.29) is 22.8 Å². The maximum atomic E-state index is 12.7. The predicted molar refractivity (Wildman–Crippen MR) is 92.2 cm³/mol. The predicted octanol–water partition coefficient (Wildman–Crippen LogP) is 1.67. The maximum Gasteiger partial charge on any atom is 0.488 e. The highest BCUT2D eigenvalue weighted by Crippen LogP contribution is 2.21. The average molecular weight is 368 g/mol. The molecule has 1 aromatic carbocycles. The molecule has 0 N–H and O–H groups in total. The molecule has 0 radical (unpaired) electrons. The van der Waals surface area contributed by atoms with Crippen molar-refractivity contribution in [2.24, 2.45) is 5.92 Å². The average Bonchev–Trinajstić information content (AvgIpc) is 2.52. The first-order chi connectivity index (χ1) is 11.7. The van der Waals surface area contributed by atoms with Crippen molar-refractivity contribution in [3.05, 3.63) is 29.3 Å². The van der Waals surface area contributed by atoms with Crippen LogP contribution >= 0.6 is 0 Å². The molecule has 25 heavy (non-hydrogen) atoms. The molecule has 1 saturated heterocycles. The molecule has 0 saturated carbocycles. The van der Waals surface area contributed by atoms with Gasteiger partial charge in [0.25, 0.3) is 5.91 Å². The van der Waals surface area contributed by atoms with Gasteiger partial charge in [0.2, 0.25) is 0 Å². The van der Waals surface area contributed by atoms with Gasteiger partial charge in [-0.25, -0.2) is 0 Å². The van der Waals surface area contributed by atoms with Gasteiger partial charge in [-0.1, -0.05) is 23.7 Å². The van der Waals surface area contributed by atoms with E-state index in [4.69, 9.17) is 6.42 Å². The second-order valence-corrected chi connectivity index (χ2v) is 7.31. The van der Waals surface area contributed by atoms with Crippen LogP contribution < -0.4 is 4.18 Å². The third-order valence-corrected chi connectivity index (χ3v) is 4.19. The molecule has 0 atom stereocenters. The summed E-state index contributed by atoms with van der Waals surface area (Å²) in [7, 11) is -5.19. The highest BCUT2D eigenvalue weighted by molar-refractivity contribution is 7.81. The molecule has 0 bridgehead atoms. The summed E-state index contributed by atoms with van der Waals surface area (Å²) >= 11 is 0. The van der Waals surface area contributed by atoms with Gasteiger partial charge in [0.1, 0.15) is 5.75 Å². The molecule has 0 spiro atoms. The molecule has 1 aromatic rings. The van der Waals surface area contributed by atoms with E-state index in [1.807, 2.05) is 0 Å². The van der Waals surface area contributed by atoms with Gasteiger partial charge in [-0.15, -0.1) is 6.42 Å². The van der Waals surface area contributed by atoms with Gasteiger partial charge in [0, 0.05) is 43.9 Å². The summed E-state index contributed by atoms with van der Waals surface area (Å²) in [5.41, 5.74) is 0.411.